The molecule has 0 aliphatic heterocycles. The van der Waals surface area contributed by atoms with Crippen molar-refractivity contribution in [1.82, 2.24) is 0 Å². The highest BCUT2D eigenvalue weighted by molar-refractivity contribution is 7.85. The molecule has 0 radical (unpaired) electrons. The van der Waals surface area contributed by atoms with Gasteiger partial charge in [-0.25, -0.2) is 8.42 Å². The summed E-state index contributed by atoms with van der Waals surface area (Å²) >= 11 is 0. The SMILES string of the molecule is O=S(c1ccccc1)c1cccc2oc3cccc(S(=O)c4ccccc4)c3c12. The van der Waals surface area contributed by atoms with Crippen molar-refractivity contribution in [2.75, 3.05) is 0 Å². The zero-order chi connectivity index (χ0) is 19.8. The van der Waals surface area contributed by atoms with E-state index < -0.39 is 21.6 Å². The van der Waals surface area contributed by atoms with Gasteiger partial charge in [-0.05, 0) is 48.5 Å². The fourth-order valence-electron chi connectivity index (χ4n) is 3.45. The van der Waals surface area contributed by atoms with Crippen molar-refractivity contribution in [2.45, 2.75) is 19.6 Å². The molecule has 29 heavy (non-hydrogen) atoms. The fraction of sp³-hybridized carbons (Fsp3) is 0. The highest BCUT2D eigenvalue weighted by Gasteiger charge is 2.21. The minimum absolute atomic E-state index is 0.638. The quantitative estimate of drug-likeness (QED) is 0.365. The summed E-state index contributed by atoms with van der Waals surface area (Å²) in [7, 11) is -2.76. The van der Waals surface area contributed by atoms with Gasteiger partial charge in [0.15, 0.2) is 0 Å². The number of furan rings is 1. The Labute approximate surface area is 172 Å². The third-order valence-electron chi connectivity index (χ3n) is 4.76. The molecule has 0 aliphatic carbocycles. The maximum Gasteiger partial charge on any atom is 0.136 e. The second-order valence-corrected chi connectivity index (χ2v) is 9.42. The zero-order valence-electron chi connectivity index (χ0n) is 15.3. The van der Waals surface area contributed by atoms with Crippen molar-refractivity contribution in [3.05, 3.63) is 97.1 Å². The summed E-state index contributed by atoms with van der Waals surface area (Å²) in [4.78, 5) is 2.75. The summed E-state index contributed by atoms with van der Waals surface area (Å²) in [5.41, 5.74) is 1.28. The topological polar surface area (TPSA) is 47.3 Å². The van der Waals surface area contributed by atoms with Crippen molar-refractivity contribution < 1.29 is 12.8 Å². The van der Waals surface area contributed by atoms with Crippen LogP contribution in [0.25, 0.3) is 21.9 Å². The maximum absolute atomic E-state index is 13.3. The third kappa shape index (κ3) is 3.12. The van der Waals surface area contributed by atoms with Gasteiger partial charge in [-0.3, -0.25) is 0 Å². The molecule has 142 valence electrons. The van der Waals surface area contributed by atoms with E-state index in [4.69, 9.17) is 4.42 Å². The average Bonchev–Trinajstić information content (AvgIpc) is 3.18. The van der Waals surface area contributed by atoms with E-state index in [1.165, 1.54) is 0 Å². The Kier molecular flexibility index (Phi) is 4.62. The number of fused-ring (bicyclic) bond motifs is 3. The van der Waals surface area contributed by atoms with Crippen molar-refractivity contribution in [3.63, 3.8) is 0 Å². The van der Waals surface area contributed by atoms with E-state index in [0.717, 1.165) is 20.6 Å². The Morgan fingerprint density at radius 3 is 1.31 bits per heavy atom. The average molecular weight is 417 g/mol. The Morgan fingerprint density at radius 2 is 0.897 bits per heavy atom. The molecule has 0 N–H and O–H groups in total. The van der Waals surface area contributed by atoms with Gasteiger partial charge in [0.1, 0.15) is 11.2 Å². The molecule has 0 aliphatic rings. The first kappa shape index (κ1) is 18.0. The van der Waals surface area contributed by atoms with Crippen LogP contribution < -0.4 is 0 Å². The highest BCUT2D eigenvalue weighted by atomic mass is 32.2. The standard InChI is InChI=1S/C24H16O3S2/c25-28(17-9-3-1-4-10-17)21-15-7-13-19-23(21)24-20(27-19)14-8-16-22(24)29(26)18-11-5-2-6-12-18/h1-16H. The van der Waals surface area contributed by atoms with Gasteiger partial charge in [-0.2, -0.15) is 0 Å². The van der Waals surface area contributed by atoms with E-state index in [1.807, 2.05) is 97.1 Å². The van der Waals surface area contributed by atoms with Crippen LogP contribution in [0.4, 0.5) is 0 Å². The molecule has 0 amide bonds. The summed E-state index contributed by atoms with van der Waals surface area (Å²) < 4.78 is 32.7. The number of hydrogen-bond acceptors (Lipinski definition) is 3. The molecule has 4 aromatic carbocycles. The van der Waals surface area contributed by atoms with Crippen LogP contribution in [-0.2, 0) is 21.6 Å². The molecule has 0 spiro atoms. The second-order valence-electron chi connectivity index (χ2n) is 6.52. The smallest absolute Gasteiger partial charge is 0.136 e. The van der Waals surface area contributed by atoms with Gasteiger partial charge in [0.25, 0.3) is 0 Å². The van der Waals surface area contributed by atoms with Crippen molar-refractivity contribution >= 4 is 43.5 Å². The zero-order valence-corrected chi connectivity index (χ0v) is 16.9. The molecule has 1 heterocycles. The lowest BCUT2D eigenvalue weighted by Crippen LogP contribution is -1.96. The Bertz CT molecular complexity index is 1270. The van der Waals surface area contributed by atoms with Crippen molar-refractivity contribution in [3.8, 4) is 0 Å². The van der Waals surface area contributed by atoms with Gasteiger partial charge in [-0.1, -0.05) is 48.5 Å². The highest BCUT2D eigenvalue weighted by Crippen LogP contribution is 2.38. The molecule has 0 fully saturated rings. The number of hydrogen-bond donors (Lipinski definition) is 0. The maximum atomic E-state index is 13.3. The van der Waals surface area contributed by atoms with E-state index in [9.17, 15) is 8.42 Å². The van der Waals surface area contributed by atoms with Gasteiger partial charge in [0.2, 0.25) is 0 Å². The number of rotatable bonds is 4. The molecule has 0 bridgehead atoms. The molecule has 0 saturated heterocycles. The normalized spacial score (nSPS) is 13.5. The molecule has 5 heteroatoms. The third-order valence-corrected chi connectivity index (χ3v) is 7.64. The molecular formula is C24H16O3S2. The molecular weight excluding hydrogens is 400 g/mol. The van der Waals surface area contributed by atoms with E-state index in [0.29, 0.717) is 21.0 Å². The lowest BCUT2D eigenvalue weighted by atomic mass is 10.1. The van der Waals surface area contributed by atoms with Gasteiger partial charge >= 0.3 is 0 Å². The summed E-state index contributed by atoms with van der Waals surface area (Å²) in [6, 6.07) is 29.8. The summed E-state index contributed by atoms with van der Waals surface area (Å²) in [5, 5.41) is 1.51. The molecule has 0 saturated carbocycles. The van der Waals surface area contributed by atoms with Gasteiger partial charge in [0, 0.05) is 20.6 Å². The first-order valence-electron chi connectivity index (χ1n) is 9.12. The van der Waals surface area contributed by atoms with E-state index in [2.05, 4.69) is 0 Å². The summed E-state index contributed by atoms with van der Waals surface area (Å²) in [5.74, 6) is 0. The predicted molar refractivity (Wildman–Crippen MR) is 116 cm³/mol. The lowest BCUT2D eigenvalue weighted by molar-refractivity contribution is 0.666. The van der Waals surface area contributed by atoms with Crippen LogP contribution in [0.1, 0.15) is 0 Å². The Hall–Kier alpha value is -3.02. The van der Waals surface area contributed by atoms with Crippen LogP contribution in [0.15, 0.2) is 121 Å². The van der Waals surface area contributed by atoms with Crippen LogP contribution in [-0.4, -0.2) is 8.42 Å². The van der Waals surface area contributed by atoms with Crippen molar-refractivity contribution in [1.29, 1.82) is 0 Å². The molecule has 5 aromatic rings. The van der Waals surface area contributed by atoms with Gasteiger partial charge in [-0.15, -0.1) is 0 Å². The van der Waals surface area contributed by atoms with E-state index in [1.54, 1.807) is 0 Å². The Morgan fingerprint density at radius 1 is 0.483 bits per heavy atom. The van der Waals surface area contributed by atoms with Crippen LogP contribution >= 0.6 is 0 Å². The van der Waals surface area contributed by atoms with E-state index in [-0.39, 0.29) is 0 Å². The molecule has 5 rings (SSSR count). The molecule has 2 atom stereocenters. The first-order valence-corrected chi connectivity index (χ1v) is 11.4. The summed E-state index contributed by atoms with van der Waals surface area (Å²) in [6.45, 7) is 0. The summed E-state index contributed by atoms with van der Waals surface area (Å²) in [6.07, 6.45) is 0. The van der Waals surface area contributed by atoms with Gasteiger partial charge < -0.3 is 4.42 Å². The van der Waals surface area contributed by atoms with Crippen LogP contribution in [0, 0.1) is 0 Å². The van der Waals surface area contributed by atoms with Crippen LogP contribution in [0.3, 0.4) is 0 Å². The molecule has 2 unspecified atom stereocenters. The largest absolute Gasteiger partial charge is 0.456 e. The van der Waals surface area contributed by atoms with Crippen molar-refractivity contribution in [2.24, 2.45) is 0 Å². The van der Waals surface area contributed by atoms with Crippen LogP contribution in [0.5, 0.6) is 0 Å². The molecule has 1 aromatic heterocycles. The van der Waals surface area contributed by atoms with E-state index >= 15 is 0 Å². The number of benzene rings is 4. The minimum atomic E-state index is -1.38. The Balaban J connectivity index is 1.79. The lowest BCUT2D eigenvalue weighted by Gasteiger charge is -2.07. The van der Waals surface area contributed by atoms with Gasteiger partial charge in [0.05, 0.1) is 31.4 Å². The minimum Gasteiger partial charge on any atom is -0.456 e. The predicted octanol–water partition coefficient (Wildman–Crippen LogP) is 5.92. The second kappa shape index (κ2) is 7.43. The fourth-order valence-corrected chi connectivity index (χ4v) is 5.95. The first-order chi connectivity index (χ1) is 14.2. The van der Waals surface area contributed by atoms with Crippen LogP contribution in [0.2, 0.25) is 0 Å². The molecule has 3 nitrogen and oxygen atoms in total. The monoisotopic (exact) mass is 416 g/mol.